The minimum Gasteiger partial charge on any atom is -0.383 e. The van der Waals surface area contributed by atoms with Gasteiger partial charge in [-0.3, -0.25) is 4.68 Å². The predicted molar refractivity (Wildman–Crippen MR) is 67.4 cm³/mol. The Balaban J connectivity index is 2.08. The summed E-state index contributed by atoms with van der Waals surface area (Å²) in [6.07, 6.45) is 4.78. The molecule has 1 rings (SSSR count). The summed E-state index contributed by atoms with van der Waals surface area (Å²) in [6.45, 7) is 2.20. The fourth-order valence-electron chi connectivity index (χ4n) is 1.25. The highest BCUT2D eigenvalue weighted by Gasteiger charge is 1.97. The molecule has 2 N–H and O–H groups in total. The molecule has 5 nitrogen and oxygen atoms in total. The van der Waals surface area contributed by atoms with Crippen molar-refractivity contribution >= 4 is 17.3 Å². The molecule has 1 aromatic rings. The Bertz CT molecular complexity index is 326. The van der Waals surface area contributed by atoms with E-state index in [1.54, 1.807) is 11.8 Å². The van der Waals surface area contributed by atoms with E-state index in [9.17, 15) is 0 Å². The Morgan fingerprint density at radius 1 is 1.50 bits per heavy atom. The molecule has 90 valence electrons. The summed E-state index contributed by atoms with van der Waals surface area (Å²) >= 11 is 5.09. The molecule has 0 aliphatic carbocycles. The third kappa shape index (κ3) is 5.09. The fraction of sp³-hybridized carbons (Fsp3) is 0.600. The first kappa shape index (κ1) is 12.9. The molecule has 0 saturated heterocycles. The van der Waals surface area contributed by atoms with Gasteiger partial charge < -0.3 is 15.4 Å². The summed E-state index contributed by atoms with van der Waals surface area (Å²) in [4.78, 5) is 0. The van der Waals surface area contributed by atoms with Crippen molar-refractivity contribution < 1.29 is 4.74 Å². The lowest BCUT2D eigenvalue weighted by Gasteiger charge is -2.09. The number of aromatic nitrogens is 2. The number of rotatable bonds is 6. The fourth-order valence-corrected chi connectivity index (χ4v) is 1.45. The van der Waals surface area contributed by atoms with E-state index in [1.807, 2.05) is 19.4 Å². The first-order valence-electron chi connectivity index (χ1n) is 5.20. The Hall–Kier alpha value is -1.14. The molecular weight excluding hydrogens is 224 g/mol. The molecule has 0 aromatic carbocycles. The van der Waals surface area contributed by atoms with Gasteiger partial charge >= 0.3 is 0 Å². The molecular formula is C10H18N4OS. The molecule has 6 heteroatoms. The molecule has 1 heterocycles. The van der Waals surface area contributed by atoms with Crippen molar-refractivity contribution in [2.45, 2.75) is 6.42 Å². The molecule has 0 unspecified atom stereocenters. The van der Waals surface area contributed by atoms with Crippen molar-refractivity contribution in [3.05, 3.63) is 18.0 Å². The zero-order valence-electron chi connectivity index (χ0n) is 9.69. The summed E-state index contributed by atoms with van der Waals surface area (Å²) in [7, 11) is 3.58. The maximum atomic E-state index is 5.09. The zero-order chi connectivity index (χ0) is 11.8. The Labute approximate surface area is 101 Å². The topological polar surface area (TPSA) is 51.1 Å². The van der Waals surface area contributed by atoms with Crippen LogP contribution in [0.4, 0.5) is 0 Å². The van der Waals surface area contributed by atoms with Crippen LogP contribution < -0.4 is 10.6 Å². The van der Waals surface area contributed by atoms with Crippen LogP contribution in [0, 0.1) is 0 Å². The monoisotopic (exact) mass is 242 g/mol. The van der Waals surface area contributed by atoms with Gasteiger partial charge in [0.1, 0.15) is 0 Å². The van der Waals surface area contributed by atoms with E-state index in [2.05, 4.69) is 15.7 Å². The van der Waals surface area contributed by atoms with Crippen LogP contribution in [0.5, 0.6) is 0 Å². The number of aryl methyl sites for hydroxylation is 1. The molecule has 0 bridgehead atoms. The standard InChI is InChI=1S/C10H18N4OS/c1-14-8-9(7-13-14)3-4-11-10(16)12-5-6-15-2/h7-8H,3-6H2,1-2H3,(H2,11,12,16). The van der Waals surface area contributed by atoms with Crippen molar-refractivity contribution in [3.63, 3.8) is 0 Å². The summed E-state index contributed by atoms with van der Waals surface area (Å²) in [6, 6.07) is 0. The number of methoxy groups -OCH3 is 1. The quantitative estimate of drug-likeness (QED) is 0.546. The summed E-state index contributed by atoms with van der Waals surface area (Å²) in [5.74, 6) is 0. The normalized spacial score (nSPS) is 10.1. The van der Waals surface area contributed by atoms with E-state index in [0.717, 1.165) is 19.5 Å². The van der Waals surface area contributed by atoms with Gasteiger partial charge in [-0.05, 0) is 24.2 Å². The lowest BCUT2D eigenvalue weighted by atomic mass is 10.2. The van der Waals surface area contributed by atoms with Gasteiger partial charge in [0.05, 0.1) is 12.8 Å². The van der Waals surface area contributed by atoms with Crippen molar-refractivity contribution in [2.75, 3.05) is 26.8 Å². The molecule has 16 heavy (non-hydrogen) atoms. The summed E-state index contributed by atoms with van der Waals surface area (Å²) in [5.41, 5.74) is 1.20. The third-order valence-electron chi connectivity index (χ3n) is 2.05. The van der Waals surface area contributed by atoms with Gasteiger partial charge in [-0.1, -0.05) is 0 Å². The van der Waals surface area contributed by atoms with Crippen molar-refractivity contribution in [3.8, 4) is 0 Å². The van der Waals surface area contributed by atoms with Crippen LogP contribution in [0.2, 0.25) is 0 Å². The molecule has 0 atom stereocenters. The molecule has 0 aliphatic heterocycles. The highest BCUT2D eigenvalue weighted by atomic mass is 32.1. The first-order chi connectivity index (χ1) is 7.72. The zero-order valence-corrected chi connectivity index (χ0v) is 10.5. The highest BCUT2D eigenvalue weighted by molar-refractivity contribution is 7.80. The highest BCUT2D eigenvalue weighted by Crippen LogP contribution is 1.95. The van der Waals surface area contributed by atoms with Gasteiger partial charge in [0.25, 0.3) is 0 Å². The van der Waals surface area contributed by atoms with Gasteiger partial charge in [-0.15, -0.1) is 0 Å². The van der Waals surface area contributed by atoms with Crippen LogP contribution in [0.1, 0.15) is 5.56 Å². The van der Waals surface area contributed by atoms with Gasteiger partial charge in [0.15, 0.2) is 5.11 Å². The predicted octanol–water partition coefficient (Wildman–Crippen LogP) is 0.0731. The van der Waals surface area contributed by atoms with Crippen molar-refractivity contribution in [2.24, 2.45) is 7.05 Å². The smallest absolute Gasteiger partial charge is 0.166 e. The molecule has 0 aliphatic rings. The molecule has 0 saturated carbocycles. The van der Waals surface area contributed by atoms with Crippen LogP contribution in [-0.4, -0.2) is 41.7 Å². The largest absolute Gasteiger partial charge is 0.383 e. The number of nitrogens with zero attached hydrogens (tertiary/aromatic N) is 2. The SMILES string of the molecule is COCCNC(=S)NCCc1cnn(C)c1. The van der Waals surface area contributed by atoms with Gasteiger partial charge in [-0.2, -0.15) is 5.10 Å². The molecule has 0 fully saturated rings. The lowest BCUT2D eigenvalue weighted by molar-refractivity contribution is 0.204. The Kier molecular flexibility index (Phi) is 5.81. The van der Waals surface area contributed by atoms with E-state index in [1.165, 1.54) is 5.56 Å². The number of hydrogen-bond acceptors (Lipinski definition) is 3. The van der Waals surface area contributed by atoms with Crippen LogP contribution >= 0.6 is 12.2 Å². The minimum atomic E-state index is 0.657. The minimum absolute atomic E-state index is 0.657. The summed E-state index contributed by atoms with van der Waals surface area (Å²) in [5, 5.41) is 10.9. The first-order valence-corrected chi connectivity index (χ1v) is 5.61. The van der Waals surface area contributed by atoms with E-state index >= 15 is 0 Å². The maximum absolute atomic E-state index is 5.09. The maximum Gasteiger partial charge on any atom is 0.166 e. The van der Waals surface area contributed by atoms with E-state index < -0.39 is 0 Å². The van der Waals surface area contributed by atoms with Gasteiger partial charge in [-0.25, -0.2) is 0 Å². The average Bonchev–Trinajstić information content (AvgIpc) is 2.65. The molecule has 0 amide bonds. The lowest BCUT2D eigenvalue weighted by Crippen LogP contribution is -2.37. The third-order valence-corrected chi connectivity index (χ3v) is 2.34. The van der Waals surface area contributed by atoms with Crippen molar-refractivity contribution in [1.29, 1.82) is 0 Å². The Morgan fingerprint density at radius 2 is 2.25 bits per heavy atom. The van der Waals surface area contributed by atoms with E-state index in [-0.39, 0.29) is 0 Å². The van der Waals surface area contributed by atoms with Gasteiger partial charge in [0.2, 0.25) is 0 Å². The van der Waals surface area contributed by atoms with E-state index in [0.29, 0.717) is 11.7 Å². The second-order valence-electron chi connectivity index (χ2n) is 3.45. The Morgan fingerprint density at radius 3 is 2.88 bits per heavy atom. The van der Waals surface area contributed by atoms with Crippen LogP contribution in [0.25, 0.3) is 0 Å². The van der Waals surface area contributed by atoms with Crippen LogP contribution in [-0.2, 0) is 18.2 Å². The van der Waals surface area contributed by atoms with Crippen LogP contribution in [0.15, 0.2) is 12.4 Å². The molecule has 1 aromatic heterocycles. The number of nitrogens with one attached hydrogen (secondary N) is 2. The molecule has 0 radical (unpaired) electrons. The average molecular weight is 242 g/mol. The van der Waals surface area contributed by atoms with E-state index in [4.69, 9.17) is 17.0 Å². The second kappa shape index (κ2) is 7.19. The molecule has 0 spiro atoms. The number of hydrogen-bond donors (Lipinski definition) is 2. The second-order valence-corrected chi connectivity index (χ2v) is 3.86. The summed E-state index contributed by atoms with van der Waals surface area (Å²) < 4.78 is 6.70. The van der Waals surface area contributed by atoms with Gasteiger partial charge in [0, 0.05) is 33.4 Å². The number of ether oxygens (including phenoxy) is 1. The number of thiocarbonyl (C=S) groups is 1. The van der Waals surface area contributed by atoms with Crippen molar-refractivity contribution in [1.82, 2.24) is 20.4 Å². The van der Waals surface area contributed by atoms with Crippen LogP contribution in [0.3, 0.4) is 0 Å².